The highest BCUT2D eigenvalue weighted by atomic mass is 16.2. The van der Waals surface area contributed by atoms with Crippen LogP contribution in [0.3, 0.4) is 0 Å². The second-order valence-corrected chi connectivity index (χ2v) is 6.70. The zero-order chi connectivity index (χ0) is 18.4. The summed E-state index contributed by atoms with van der Waals surface area (Å²) in [6, 6.07) is 7.97. The number of urea groups is 1. The highest BCUT2D eigenvalue weighted by molar-refractivity contribution is 5.98. The van der Waals surface area contributed by atoms with Crippen molar-refractivity contribution in [2.24, 2.45) is 17.6 Å². The Labute approximate surface area is 148 Å². The van der Waals surface area contributed by atoms with E-state index in [1.54, 1.807) is 4.90 Å². The lowest BCUT2D eigenvalue weighted by Crippen LogP contribution is -2.54. The van der Waals surface area contributed by atoms with Gasteiger partial charge in [-0.3, -0.25) is 9.59 Å². The molecule has 1 saturated heterocycles. The Hall–Kier alpha value is -2.37. The summed E-state index contributed by atoms with van der Waals surface area (Å²) in [6.07, 6.45) is 2.05. The van der Waals surface area contributed by atoms with Crippen molar-refractivity contribution in [2.45, 2.75) is 39.2 Å². The minimum absolute atomic E-state index is 0.00340. The SMILES string of the molecule is CCC(C)C(NC(N)=O)C(=O)N1CCC(C(=O)c2ccccc2)CC1. The molecule has 1 aliphatic rings. The van der Waals surface area contributed by atoms with Crippen molar-refractivity contribution in [1.82, 2.24) is 10.2 Å². The molecule has 2 unspecified atom stereocenters. The Bertz CT molecular complexity index is 610. The molecule has 1 fully saturated rings. The first-order valence-electron chi connectivity index (χ1n) is 8.88. The Kier molecular flexibility index (Phi) is 6.56. The second-order valence-electron chi connectivity index (χ2n) is 6.70. The molecule has 0 bridgehead atoms. The van der Waals surface area contributed by atoms with E-state index in [9.17, 15) is 14.4 Å². The molecule has 1 aromatic carbocycles. The maximum atomic E-state index is 12.8. The molecular formula is C19H27N3O3. The molecule has 0 radical (unpaired) electrons. The molecule has 3 N–H and O–H groups in total. The molecule has 1 heterocycles. The third-order valence-electron chi connectivity index (χ3n) is 5.01. The molecule has 136 valence electrons. The number of carbonyl (C=O) groups excluding carboxylic acids is 3. The normalized spacial score (nSPS) is 17.6. The predicted octanol–water partition coefficient (Wildman–Crippen LogP) is 2.19. The monoisotopic (exact) mass is 345 g/mol. The van der Waals surface area contributed by atoms with Crippen LogP contribution in [0.25, 0.3) is 0 Å². The van der Waals surface area contributed by atoms with Gasteiger partial charge < -0.3 is 16.0 Å². The minimum Gasteiger partial charge on any atom is -0.352 e. The van der Waals surface area contributed by atoms with Gasteiger partial charge in [-0.15, -0.1) is 0 Å². The van der Waals surface area contributed by atoms with Crippen LogP contribution in [-0.4, -0.2) is 41.8 Å². The Morgan fingerprint density at radius 1 is 1.20 bits per heavy atom. The van der Waals surface area contributed by atoms with Crippen LogP contribution in [0.4, 0.5) is 4.79 Å². The third kappa shape index (κ3) is 4.81. The fourth-order valence-electron chi connectivity index (χ4n) is 3.23. The number of hydrogen-bond acceptors (Lipinski definition) is 3. The van der Waals surface area contributed by atoms with E-state index in [1.165, 1.54) is 0 Å². The Morgan fingerprint density at radius 2 is 1.80 bits per heavy atom. The number of rotatable bonds is 6. The number of nitrogens with two attached hydrogens (primary N) is 1. The number of nitrogens with one attached hydrogen (secondary N) is 1. The maximum absolute atomic E-state index is 12.8. The first-order chi connectivity index (χ1) is 11.9. The topological polar surface area (TPSA) is 92.5 Å². The zero-order valence-corrected chi connectivity index (χ0v) is 14.9. The number of Topliss-reactive ketones (excluding diaryl/α,β-unsaturated/α-hetero) is 1. The number of amides is 3. The average molecular weight is 345 g/mol. The first kappa shape index (κ1) is 19.0. The Balaban J connectivity index is 1.97. The number of ketones is 1. The first-order valence-corrected chi connectivity index (χ1v) is 8.88. The van der Waals surface area contributed by atoms with Gasteiger partial charge in [-0.25, -0.2) is 4.79 Å². The maximum Gasteiger partial charge on any atom is 0.312 e. The van der Waals surface area contributed by atoms with Crippen molar-refractivity contribution in [3.63, 3.8) is 0 Å². The van der Waals surface area contributed by atoms with Crippen LogP contribution in [0.2, 0.25) is 0 Å². The molecule has 0 saturated carbocycles. The van der Waals surface area contributed by atoms with Crippen molar-refractivity contribution < 1.29 is 14.4 Å². The molecule has 1 aliphatic heterocycles. The minimum atomic E-state index is -0.687. The second kappa shape index (κ2) is 8.65. The van der Waals surface area contributed by atoms with E-state index in [0.717, 1.165) is 12.0 Å². The van der Waals surface area contributed by atoms with Gasteiger partial charge in [0.05, 0.1) is 0 Å². The van der Waals surface area contributed by atoms with E-state index >= 15 is 0 Å². The summed E-state index contributed by atoms with van der Waals surface area (Å²) in [7, 11) is 0. The summed E-state index contributed by atoms with van der Waals surface area (Å²) >= 11 is 0. The number of carbonyl (C=O) groups is 3. The molecule has 2 rings (SSSR count). The lowest BCUT2D eigenvalue weighted by atomic mass is 9.88. The molecule has 2 atom stereocenters. The van der Waals surface area contributed by atoms with Crippen LogP contribution >= 0.6 is 0 Å². The standard InChI is InChI=1S/C19H27N3O3/c1-3-13(2)16(21-19(20)25)18(24)22-11-9-15(10-12-22)17(23)14-7-5-4-6-8-14/h4-8,13,15-16H,3,9-12H2,1-2H3,(H3,20,21,25). The van der Waals surface area contributed by atoms with Crippen LogP contribution in [-0.2, 0) is 4.79 Å². The van der Waals surface area contributed by atoms with E-state index in [0.29, 0.717) is 25.9 Å². The molecule has 3 amide bonds. The summed E-state index contributed by atoms with van der Waals surface area (Å²) in [6.45, 7) is 4.94. The van der Waals surface area contributed by atoms with Gasteiger partial charge in [-0.05, 0) is 18.8 Å². The van der Waals surface area contributed by atoms with Crippen molar-refractivity contribution >= 4 is 17.7 Å². The summed E-state index contributed by atoms with van der Waals surface area (Å²) in [4.78, 5) is 38.2. The highest BCUT2D eigenvalue weighted by Crippen LogP contribution is 2.23. The van der Waals surface area contributed by atoms with E-state index in [1.807, 2.05) is 44.2 Å². The van der Waals surface area contributed by atoms with Gasteiger partial charge in [-0.1, -0.05) is 50.6 Å². The molecular weight excluding hydrogens is 318 g/mol. The summed E-state index contributed by atoms with van der Waals surface area (Å²) < 4.78 is 0. The fourth-order valence-corrected chi connectivity index (χ4v) is 3.23. The molecule has 6 nitrogen and oxygen atoms in total. The number of benzene rings is 1. The summed E-state index contributed by atoms with van der Waals surface area (Å²) in [5.41, 5.74) is 5.94. The van der Waals surface area contributed by atoms with Gasteiger partial charge in [0.1, 0.15) is 6.04 Å². The van der Waals surface area contributed by atoms with Crippen LogP contribution in [0.1, 0.15) is 43.5 Å². The lowest BCUT2D eigenvalue weighted by Gasteiger charge is -2.35. The lowest BCUT2D eigenvalue weighted by molar-refractivity contribution is -0.135. The quantitative estimate of drug-likeness (QED) is 0.774. The van der Waals surface area contributed by atoms with Crippen LogP contribution < -0.4 is 11.1 Å². The Morgan fingerprint density at radius 3 is 2.32 bits per heavy atom. The largest absolute Gasteiger partial charge is 0.352 e. The van der Waals surface area contributed by atoms with Gasteiger partial charge in [0.25, 0.3) is 0 Å². The van der Waals surface area contributed by atoms with Gasteiger partial charge >= 0.3 is 6.03 Å². The molecule has 0 spiro atoms. The van der Waals surface area contributed by atoms with Crippen molar-refractivity contribution in [2.75, 3.05) is 13.1 Å². The van der Waals surface area contributed by atoms with Gasteiger partial charge in [0.2, 0.25) is 5.91 Å². The molecule has 25 heavy (non-hydrogen) atoms. The summed E-state index contributed by atoms with van der Waals surface area (Å²) in [5, 5.41) is 2.57. The van der Waals surface area contributed by atoms with Crippen molar-refractivity contribution in [3.05, 3.63) is 35.9 Å². The van der Waals surface area contributed by atoms with Crippen LogP contribution in [0.5, 0.6) is 0 Å². The van der Waals surface area contributed by atoms with Crippen molar-refractivity contribution in [1.29, 1.82) is 0 Å². The van der Waals surface area contributed by atoms with Gasteiger partial charge in [0.15, 0.2) is 5.78 Å². The van der Waals surface area contributed by atoms with E-state index in [2.05, 4.69) is 5.32 Å². The van der Waals surface area contributed by atoms with Gasteiger partial charge in [-0.2, -0.15) is 0 Å². The average Bonchev–Trinajstić information content (AvgIpc) is 2.65. The van der Waals surface area contributed by atoms with E-state index in [4.69, 9.17) is 5.73 Å². The number of piperidine rings is 1. The van der Waals surface area contributed by atoms with Crippen molar-refractivity contribution in [3.8, 4) is 0 Å². The number of nitrogens with zero attached hydrogens (tertiary/aromatic N) is 1. The van der Waals surface area contributed by atoms with Gasteiger partial charge in [0, 0.05) is 24.6 Å². The number of likely N-dealkylation sites (tertiary alicyclic amines) is 1. The molecule has 0 aromatic heterocycles. The fraction of sp³-hybridized carbons (Fsp3) is 0.526. The molecule has 6 heteroatoms. The predicted molar refractivity (Wildman–Crippen MR) is 96.0 cm³/mol. The third-order valence-corrected chi connectivity index (χ3v) is 5.01. The molecule has 0 aliphatic carbocycles. The van der Waals surface area contributed by atoms with E-state index in [-0.39, 0.29) is 23.5 Å². The summed E-state index contributed by atoms with van der Waals surface area (Å²) in [5.74, 6) is -0.0264. The van der Waals surface area contributed by atoms with Crippen LogP contribution in [0.15, 0.2) is 30.3 Å². The zero-order valence-electron chi connectivity index (χ0n) is 14.9. The smallest absolute Gasteiger partial charge is 0.312 e. The number of primary amides is 1. The van der Waals surface area contributed by atoms with Crippen LogP contribution in [0, 0.1) is 11.8 Å². The highest BCUT2D eigenvalue weighted by Gasteiger charge is 2.33. The number of hydrogen-bond donors (Lipinski definition) is 2. The molecule has 1 aromatic rings. The van der Waals surface area contributed by atoms with E-state index < -0.39 is 12.1 Å².